The molecule has 4 N–H and O–H groups in total. The van der Waals surface area contributed by atoms with E-state index in [1.807, 2.05) is 24.3 Å². The second kappa shape index (κ2) is 7.28. The van der Waals surface area contributed by atoms with Crippen molar-refractivity contribution in [3.63, 3.8) is 0 Å². The summed E-state index contributed by atoms with van der Waals surface area (Å²) in [7, 11) is 0. The van der Waals surface area contributed by atoms with Crippen LogP contribution in [0.25, 0.3) is 10.9 Å². The van der Waals surface area contributed by atoms with E-state index in [-0.39, 0.29) is 12.5 Å². The summed E-state index contributed by atoms with van der Waals surface area (Å²) in [6.45, 7) is -0.00241. The number of nitrogens with zero attached hydrogens (tertiary/aromatic N) is 1. The molecule has 0 unspecified atom stereocenters. The van der Waals surface area contributed by atoms with Gasteiger partial charge in [-0.15, -0.1) is 0 Å². The Morgan fingerprint density at radius 1 is 1.22 bits per heavy atom. The average Bonchev–Trinajstić information content (AvgIpc) is 2.60. The number of benzene rings is 1. The first-order valence-electron chi connectivity index (χ1n) is 8.05. The minimum absolute atomic E-state index is 0.00241. The number of carbonyl (C=O) groups excluding carboxylic acids is 1. The van der Waals surface area contributed by atoms with Gasteiger partial charge in [0.2, 0.25) is 0 Å². The van der Waals surface area contributed by atoms with Gasteiger partial charge in [-0.3, -0.25) is 4.79 Å². The molecular formula is C17H22N4O2. The van der Waals surface area contributed by atoms with Gasteiger partial charge in [-0.2, -0.15) is 0 Å². The van der Waals surface area contributed by atoms with Crippen molar-refractivity contribution in [2.75, 3.05) is 12.0 Å². The third-order valence-corrected chi connectivity index (χ3v) is 4.16. The number of anilines is 1. The summed E-state index contributed by atoms with van der Waals surface area (Å²) in [5.74, 6) is 6.46. The molecule has 23 heavy (non-hydrogen) atoms. The topological polar surface area (TPSA) is 89.3 Å². The van der Waals surface area contributed by atoms with Gasteiger partial charge in [0.1, 0.15) is 17.1 Å². The van der Waals surface area contributed by atoms with E-state index in [1.54, 1.807) is 6.07 Å². The van der Waals surface area contributed by atoms with Gasteiger partial charge in [0.05, 0.1) is 0 Å². The maximum atomic E-state index is 12.1. The van der Waals surface area contributed by atoms with Crippen molar-refractivity contribution in [2.24, 2.45) is 5.84 Å². The molecule has 122 valence electrons. The first-order chi connectivity index (χ1) is 11.3. The van der Waals surface area contributed by atoms with Crippen LogP contribution in [-0.2, 0) is 4.79 Å². The molecule has 6 nitrogen and oxygen atoms in total. The van der Waals surface area contributed by atoms with Crippen LogP contribution in [0.4, 0.5) is 5.82 Å². The van der Waals surface area contributed by atoms with Crippen molar-refractivity contribution in [3.8, 4) is 5.75 Å². The molecule has 1 aromatic heterocycles. The first-order valence-corrected chi connectivity index (χ1v) is 8.05. The number of nitrogens with one attached hydrogen (secondary N) is 2. The van der Waals surface area contributed by atoms with E-state index >= 15 is 0 Å². The average molecular weight is 314 g/mol. The van der Waals surface area contributed by atoms with Gasteiger partial charge in [0, 0.05) is 11.4 Å². The van der Waals surface area contributed by atoms with Gasteiger partial charge in [-0.25, -0.2) is 10.8 Å². The van der Waals surface area contributed by atoms with Crippen LogP contribution in [0.5, 0.6) is 5.75 Å². The van der Waals surface area contributed by atoms with E-state index in [9.17, 15) is 4.79 Å². The quantitative estimate of drug-likeness (QED) is 0.582. The van der Waals surface area contributed by atoms with Gasteiger partial charge in [0.25, 0.3) is 5.91 Å². The number of carbonyl (C=O) groups is 1. The lowest BCUT2D eigenvalue weighted by atomic mass is 9.95. The fourth-order valence-electron chi connectivity index (χ4n) is 2.98. The van der Waals surface area contributed by atoms with Crippen LogP contribution in [0.1, 0.15) is 32.1 Å². The van der Waals surface area contributed by atoms with Crippen molar-refractivity contribution in [2.45, 2.75) is 38.1 Å². The number of hydrogen-bond donors (Lipinski definition) is 3. The highest BCUT2D eigenvalue weighted by Gasteiger charge is 2.16. The Bertz CT molecular complexity index is 683. The molecule has 1 heterocycles. The van der Waals surface area contributed by atoms with E-state index in [4.69, 9.17) is 10.6 Å². The lowest BCUT2D eigenvalue weighted by molar-refractivity contribution is -0.124. The molecule has 6 heteroatoms. The monoisotopic (exact) mass is 314 g/mol. The highest BCUT2D eigenvalue weighted by Crippen LogP contribution is 2.25. The number of para-hydroxylation sites is 1. The van der Waals surface area contributed by atoms with Gasteiger partial charge in [-0.1, -0.05) is 31.4 Å². The van der Waals surface area contributed by atoms with Crippen LogP contribution in [0.15, 0.2) is 30.3 Å². The SMILES string of the molecule is NNc1ccc2cccc(OCC(=O)NC3CCCCC3)c2n1. The smallest absolute Gasteiger partial charge is 0.258 e. The summed E-state index contributed by atoms with van der Waals surface area (Å²) in [4.78, 5) is 16.4. The Labute approximate surface area is 135 Å². The second-order valence-electron chi connectivity index (χ2n) is 5.86. The minimum Gasteiger partial charge on any atom is -0.481 e. The Hall–Kier alpha value is -2.34. The normalized spacial score (nSPS) is 15.3. The maximum absolute atomic E-state index is 12.1. The number of fused-ring (bicyclic) bond motifs is 1. The summed E-state index contributed by atoms with van der Waals surface area (Å²) in [5.41, 5.74) is 3.21. The van der Waals surface area contributed by atoms with Crippen LogP contribution in [0.3, 0.4) is 0 Å². The van der Waals surface area contributed by atoms with E-state index < -0.39 is 0 Å². The maximum Gasteiger partial charge on any atom is 0.258 e. The molecule has 0 atom stereocenters. The van der Waals surface area contributed by atoms with Crippen LogP contribution in [0, 0.1) is 0 Å². The number of aromatic nitrogens is 1. The Morgan fingerprint density at radius 2 is 2.04 bits per heavy atom. The van der Waals surface area contributed by atoms with Gasteiger partial charge in [-0.05, 0) is 31.0 Å². The summed E-state index contributed by atoms with van der Waals surface area (Å²) in [6, 6.07) is 9.63. The Kier molecular flexibility index (Phi) is 4.92. The van der Waals surface area contributed by atoms with Crippen molar-refractivity contribution in [3.05, 3.63) is 30.3 Å². The van der Waals surface area contributed by atoms with Crippen LogP contribution in [-0.4, -0.2) is 23.5 Å². The number of nitrogen functional groups attached to an aromatic ring is 1. The number of hydrazine groups is 1. The molecule has 1 amide bonds. The van der Waals surface area contributed by atoms with E-state index in [1.165, 1.54) is 19.3 Å². The van der Waals surface area contributed by atoms with Gasteiger partial charge < -0.3 is 15.5 Å². The molecule has 0 bridgehead atoms. The molecule has 0 radical (unpaired) electrons. The summed E-state index contributed by atoms with van der Waals surface area (Å²) in [5, 5.41) is 3.98. The van der Waals surface area contributed by atoms with Crippen LogP contribution >= 0.6 is 0 Å². The molecule has 3 rings (SSSR count). The van der Waals surface area contributed by atoms with Gasteiger partial charge in [0.15, 0.2) is 6.61 Å². The lowest BCUT2D eigenvalue weighted by Gasteiger charge is -2.22. The van der Waals surface area contributed by atoms with E-state index in [2.05, 4.69) is 15.7 Å². The molecule has 2 aromatic rings. The van der Waals surface area contributed by atoms with E-state index in [0.29, 0.717) is 23.1 Å². The molecule has 1 fully saturated rings. The molecule has 0 aliphatic heterocycles. The predicted octanol–water partition coefficient (Wildman–Crippen LogP) is 2.35. The summed E-state index contributed by atoms with van der Waals surface area (Å²) in [6.07, 6.45) is 5.77. The zero-order valence-electron chi connectivity index (χ0n) is 13.0. The largest absolute Gasteiger partial charge is 0.481 e. The van der Waals surface area contributed by atoms with Gasteiger partial charge >= 0.3 is 0 Å². The molecule has 0 saturated heterocycles. The molecule has 1 aliphatic rings. The minimum atomic E-state index is -0.0815. The van der Waals surface area contributed by atoms with Crippen molar-refractivity contribution < 1.29 is 9.53 Å². The van der Waals surface area contributed by atoms with Crippen molar-refractivity contribution in [1.29, 1.82) is 0 Å². The number of ether oxygens (including phenoxy) is 1. The zero-order chi connectivity index (χ0) is 16.1. The predicted molar refractivity (Wildman–Crippen MR) is 90.1 cm³/mol. The molecule has 1 aromatic carbocycles. The number of rotatable bonds is 5. The first kappa shape index (κ1) is 15.6. The third kappa shape index (κ3) is 3.90. The highest BCUT2D eigenvalue weighted by molar-refractivity contribution is 5.86. The number of pyridine rings is 1. The fourth-order valence-corrected chi connectivity index (χ4v) is 2.98. The van der Waals surface area contributed by atoms with Crippen LogP contribution < -0.4 is 21.3 Å². The zero-order valence-corrected chi connectivity index (χ0v) is 13.0. The Morgan fingerprint density at radius 3 is 2.83 bits per heavy atom. The number of amides is 1. The number of nitrogens with two attached hydrogens (primary N) is 1. The van der Waals surface area contributed by atoms with E-state index in [0.717, 1.165) is 18.2 Å². The summed E-state index contributed by atoms with van der Waals surface area (Å²) >= 11 is 0. The van der Waals surface area contributed by atoms with Crippen LogP contribution in [0.2, 0.25) is 0 Å². The molecular weight excluding hydrogens is 292 g/mol. The molecule has 0 spiro atoms. The lowest BCUT2D eigenvalue weighted by Crippen LogP contribution is -2.39. The van der Waals surface area contributed by atoms with Crippen molar-refractivity contribution >= 4 is 22.6 Å². The molecule has 1 saturated carbocycles. The Balaban J connectivity index is 1.65. The van der Waals surface area contributed by atoms with Crippen molar-refractivity contribution in [1.82, 2.24) is 10.3 Å². The third-order valence-electron chi connectivity index (χ3n) is 4.16. The second-order valence-corrected chi connectivity index (χ2v) is 5.86. The summed E-state index contributed by atoms with van der Waals surface area (Å²) < 4.78 is 5.68. The fraction of sp³-hybridized carbons (Fsp3) is 0.412. The highest BCUT2D eigenvalue weighted by atomic mass is 16.5. The standard InChI is InChI=1S/C17H22N4O2/c18-21-15-10-9-12-5-4-8-14(17(12)20-15)23-11-16(22)19-13-6-2-1-3-7-13/h4-5,8-10,13H,1-3,6-7,11,18H2,(H,19,22)(H,20,21). The molecule has 1 aliphatic carbocycles. The number of hydrogen-bond acceptors (Lipinski definition) is 5.